The van der Waals surface area contributed by atoms with Gasteiger partial charge in [-0.1, -0.05) is 0 Å². The van der Waals surface area contributed by atoms with Crippen molar-refractivity contribution >= 4 is 5.78 Å². The van der Waals surface area contributed by atoms with E-state index in [-0.39, 0.29) is 5.78 Å². The van der Waals surface area contributed by atoms with Gasteiger partial charge in [-0.25, -0.2) is 0 Å². The highest BCUT2D eigenvalue weighted by molar-refractivity contribution is 5.94. The minimum atomic E-state index is 0.0711. The van der Waals surface area contributed by atoms with Gasteiger partial charge in [-0.15, -0.1) is 0 Å². The highest BCUT2D eigenvalue weighted by Crippen LogP contribution is 2.11. The molecule has 0 bridgehead atoms. The Labute approximate surface area is 95.6 Å². The Morgan fingerprint density at radius 3 is 3.25 bits per heavy atom. The summed E-state index contributed by atoms with van der Waals surface area (Å²) in [5, 5.41) is 3.27. The van der Waals surface area contributed by atoms with Crippen molar-refractivity contribution in [2.45, 2.75) is 18.9 Å². The Morgan fingerprint density at radius 2 is 2.56 bits per heavy atom. The fraction of sp³-hybridized carbons (Fsp3) is 0.583. The van der Waals surface area contributed by atoms with Crippen LogP contribution in [-0.4, -0.2) is 43.4 Å². The van der Waals surface area contributed by atoms with Gasteiger partial charge in [-0.3, -0.25) is 9.69 Å². The molecule has 1 aliphatic rings. The number of likely N-dealkylation sites (tertiary alicyclic amines) is 1. The van der Waals surface area contributed by atoms with Gasteiger partial charge in [0, 0.05) is 12.6 Å². The highest BCUT2D eigenvalue weighted by Gasteiger charge is 2.21. The van der Waals surface area contributed by atoms with E-state index in [0.717, 1.165) is 19.5 Å². The Morgan fingerprint density at radius 1 is 1.69 bits per heavy atom. The second-order valence-corrected chi connectivity index (χ2v) is 4.26. The summed E-state index contributed by atoms with van der Waals surface area (Å²) in [6.45, 7) is 2.42. The van der Waals surface area contributed by atoms with Gasteiger partial charge >= 0.3 is 0 Å². The second kappa shape index (κ2) is 5.27. The van der Waals surface area contributed by atoms with Gasteiger partial charge < -0.3 is 9.73 Å². The molecule has 1 aromatic rings. The Kier molecular flexibility index (Phi) is 3.74. The zero-order valence-corrected chi connectivity index (χ0v) is 9.61. The number of likely N-dealkylation sites (N-methyl/N-ethyl adjacent to an activating group) is 1. The monoisotopic (exact) mass is 222 g/mol. The molecule has 88 valence electrons. The van der Waals surface area contributed by atoms with Crippen LogP contribution in [0.4, 0.5) is 0 Å². The van der Waals surface area contributed by atoms with Crippen LogP contribution in [0.5, 0.6) is 0 Å². The molecule has 0 aromatic carbocycles. The Balaban J connectivity index is 1.87. The SMILES string of the molecule is CN[C@H]1CCCN(CC(=O)c2ccco2)C1. The normalized spacial score (nSPS) is 22.2. The lowest BCUT2D eigenvalue weighted by Gasteiger charge is -2.31. The van der Waals surface area contributed by atoms with Crippen molar-refractivity contribution in [2.75, 3.05) is 26.7 Å². The number of hydrogen-bond donors (Lipinski definition) is 1. The van der Waals surface area contributed by atoms with Gasteiger partial charge in [0.15, 0.2) is 5.76 Å². The van der Waals surface area contributed by atoms with Gasteiger partial charge in [0.05, 0.1) is 12.8 Å². The molecule has 1 saturated heterocycles. The number of ketones is 1. The maximum absolute atomic E-state index is 11.8. The van der Waals surface area contributed by atoms with Crippen LogP contribution in [0.3, 0.4) is 0 Å². The van der Waals surface area contributed by atoms with Crippen LogP contribution in [-0.2, 0) is 0 Å². The fourth-order valence-electron chi connectivity index (χ4n) is 2.15. The summed E-state index contributed by atoms with van der Waals surface area (Å²) >= 11 is 0. The van der Waals surface area contributed by atoms with Crippen LogP contribution in [0, 0.1) is 0 Å². The van der Waals surface area contributed by atoms with Gasteiger partial charge in [-0.05, 0) is 38.6 Å². The van der Waals surface area contributed by atoms with Gasteiger partial charge in [0.1, 0.15) is 0 Å². The molecule has 0 spiro atoms. The third kappa shape index (κ3) is 2.71. The lowest BCUT2D eigenvalue weighted by atomic mass is 10.1. The van der Waals surface area contributed by atoms with E-state index in [1.807, 2.05) is 7.05 Å². The topological polar surface area (TPSA) is 45.5 Å². The van der Waals surface area contributed by atoms with E-state index >= 15 is 0 Å². The number of Topliss-reactive ketones (excluding diaryl/α,β-unsaturated/α-hetero) is 1. The molecule has 0 amide bonds. The first-order valence-electron chi connectivity index (χ1n) is 5.76. The number of nitrogens with zero attached hydrogens (tertiary/aromatic N) is 1. The smallest absolute Gasteiger partial charge is 0.211 e. The summed E-state index contributed by atoms with van der Waals surface area (Å²) in [7, 11) is 1.97. The van der Waals surface area contributed by atoms with Crippen LogP contribution in [0.2, 0.25) is 0 Å². The molecule has 0 saturated carbocycles. The largest absolute Gasteiger partial charge is 0.461 e. The Hall–Kier alpha value is -1.13. The molecular formula is C12H18N2O2. The molecule has 0 radical (unpaired) electrons. The molecule has 1 aliphatic heterocycles. The number of hydrogen-bond acceptors (Lipinski definition) is 4. The van der Waals surface area contributed by atoms with E-state index in [0.29, 0.717) is 18.3 Å². The minimum absolute atomic E-state index is 0.0711. The molecule has 1 aromatic heterocycles. The van der Waals surface area contributed by atoms with E-state index in [2.05, 4.69) is 10.2 Å². The van der Waals surface area contributed by atoms with Crippen molar-refractivity contribution in [3.63, 3.8) is 0 Å². The molecule has 4 heteroatoms. The molecule has 1 N–H and O–H groups in total. The fourth-order valence-corrected chi connectivity index (χ4v) is 2.15. The van der Waals surface area contributed by atoms with Gasteiger partial charge in [-0.2, -0.15) is 0 Å². The summed E-state index contributed by atoms with van der Waals surface area (Å²) in [4.78, 5) is 14.0. The third-order valence-electron chi connectivity index (χ3n) is 3.08. The summed E-state index contributed by atoms with van der Waals surface area (Å²) < 4.78 is 5.10. The number of carbonyl (C=O) groups excluding carboxylic acids is 1. The van der Waals surface area contributed by atoms with E-state index in [1.165, 1.54) is 6.42 Å². The first-order chi connectivity index (χ1) is 7.79. The summed E-state index contributed by atoms with van der Waals surface area (Å²) in [5.41, 5.74) is 0. The first-order valence-corrected chi connectivity index (χ1v) is 5.76. The zero-order chi connectivity index (χ0) is 11.4. The van der Waals surface area contributed by atoms with Crippen molar-refractivity contribution in [1.82, 2.24) is 10.2 Å². The van der Waals surface area contributed by atoms with Crippen molar-refractivity contribution in [3.8, 4) is 0 Å². The average molecular weight is 222 g/mol. The van der Waals surface area contributed by atoms with Crippen LogP contribution in [0.15, 0.2) is 22.8 Å². The molecule has 2 heterocycles. The van der Waals surface area contributed by atoms with Crippen molar-refractivity contribution in [3.05, 3.63) is 24.2 Å². The zero-order valence-electron chi connectivity index (χ0n) is 9.61. The molecule has 0 unspecified atom stereocenters. The van der Waals surface area contributed by atoms with Crippen LogP contribution in [0.1, 0.15) is 23.4 Å². The van der Waals surface area contributed by atoms with Crippen molar-refractivity contribution < 1.29 is 9.21 Å². The van der Waals surface area contributed by atoms with E-state index in [1.54, 1.807) is 18.4 Å². The summed E-state index contributed by atoms with van der Waals surface area (Å²) in [6.07, 6.45) is 3.89. The maximum Gasteiger partial charge on any atom is 0.211 e. The number of carbonyl (C=O) groups is 1. The predicted octanol–water partition coefficient (Wildman–Crippen LogP) is 1.15. The lowest BCUT2D eigenvalue weighted by Crippen LogP contribution is -2.46. The molecular weight excluding hydrogens is 204 g/mol. The summed E-state index contributed by atoms with van der Waals surface area (Å²) in [5.74, 6) is 0.535. The molecule has 2 rings (SSSR count). The molecule has 4 nitrogen and oxygen atoms in total. The van der Waals surface area contributed by atoms with Crippen molar-refractivity contribution in [1.29, 1.82) is 0 Å². The number of piperidine rings is 1. The quantitative estimate of drug-likeness (QED) is 0.776. The molecule has 16 heavy (non-hydrogen) atoms. The van der Waals surface area contributed by atoms with E-state index in [9.17, 15) is 4.79 Å². The van der Waals surface area contributed by atoms with Crippen LogP contribution < -0.4 is 5.32 Å². The van der Waals surface area contributed by atoms with Crippen molar-refractivity contribution in [2.24, 2.45) is 0 Å². The van der Waals surface area contributed by atoms with Crippen LogP contribution >= 0.6 is 0 Å². The predicted molar refractivity (Wildman–Crippen MR) is 61.6 cm³/mol. The first kappa shape index (κ1) is 11.4. The van der Waals surface area contributed by atoms with Gasteiger partial charge in [0.2, 0.25) is 5.78 Å². The molecule has 1 atom stereocenters. The third-order valence-corrected chi connectivity index (χ3v) is 3.08. The Bertz CT molecular complexity index is 335. The second-order valence-electron chi connectivity index (χ2n) is 4.26. The van der Waals surface area contributed by atoms with E-state index in [4.69, 9.17) is 4.42 Å². The van der Waals surface area contributed by atoms with E-state index < -0.39 is 0 Å². The maximum atomic E-state index is 11.8. The number of furan rings is 1. The number of nitrogens with one attached hydrogen (secondary N) is 1. The molecule has 1 fully saturated rings. The summed E-state index contributed by atoms with van der Waals surface area (Å²) in [6, 6.07) is 3.99. The lowest BCUT2D eigenvalue weighted by molar-refractivity contribution is 0.0874. The van der Waals surface area contributed by atoms with Crippen LogP contribution in [0.25, 0.3) is 0 Å². The minimum Gasteiger partial charge on any atom is -0.461 e. The number of rotatable bonds is 4. The highest BCUT2D eigenvalue weighted by atomic mass is 16.3. The standard InChI is InChI=1S/C12H18N2O2/c1-13-10-4-2-6-14(8-10)9-11(15)12-5-3-7-16-12/h3,5,7,10,13H,2,4,6,8-9H2,1H3/t10-/m0/s1. The average Bonchev–Trinajstić information content (AvgIpc) is 2.83. The molecule has 0 aliphatic carbocycles. The van der Waals surface area contributed by atoms with Gasteiger partial charge in [0.25, 0.3) is 0 Å².